The summed E-state index contributed by atoms with van der Waals surface area (Å²) in [7, 11) is 0. The van der Waals surface area contributed by atoms with Crippen molar-refractivity contribution in [2.75, 3.05) is 4.90 Å². The number of nitrogens with zero attached hydrogens (tertiary/aromatic N) is 1. The smallest absolute Gasteiger partial charge is 0.0735 e. The summed E-state index contributed by atoms with van der Waals surface area (Å²) in [5.41, 5.74) is 20.8. The minimum absolute atomic E-state index is 0.0186. The fraction of sp³-hybridized carbons (Fsp3) is 0.143. The number of anilines is 3. The molecule has 65 heavy (non-hydrogen) atoms. The first-order valence-electron chi connectivity index (χ1n) is 22.9. The molecule has 0 bridgehead atoms. The molecule has 0 radical (unpaired) electrons. The van der Waals surface area contributed by atoms with Gasteiger partial charge in [-0.25, -0.2) is 0 Å². The Labute approximate surface area is 389 Å². The minimum atomic E-state index is -0.521. The monoisotopic (exact) mass is 855 g/mol. The summed E-state index contributed by atoms with van der Waals surface area (Å²) in [5, 5.41) is 0. The topological polar surface area (TPSA) is 3.24 Å². The van der Waals surface area contributed by atoms with Crippen molar-refractivity contribution in [3.63, 3.8) is 0 Å². The highest BCUT2D eigenvalue weighted by molar-refractivity contribution is 7.99. The maximum atomic E-state index is 2.55. The van der Waals surface area contributed by atoms with Gasteiger partial charge in [0.1, 0.15) is 0 Å². The van der Waals surface area contributed by atoms with Crippen LogP contribution in [-0.2, 0) is 16.2 Å². The van der Waals surface area contributed by atoms with Gasteiger partial charge in [0.2, 0.25) is 0 Å². The van der Waals surface area contributed by atoms with Crippen LogP contribution in [0.2, 0.25) is 0 Å². The summed E-state index contributed by atoms with van der Waals surface area (Å²) in [4.78, 5) is 5.08. The maximum absolute atomic E-state index is 2.55. The first-order chi connectivity index (χ1) is 31.5. The molecule has 0 saturated carbocycles. The maximum Gasteiger partial charge on any atom is 0.0735 e. The average Bonchev–Trinajstić information content (AvgIpc) is 3.61. The van der Waals surface area contributed by atoms with Gasteiger partial charge in [-0.15, -0.1) is 0 Å². The van der Waals surface area contributed by atoms with Crippen molar-refractivity contribution in [2.45, 2.75) is 67.6 Å². The van der Waals surface area contributed by atoms with E-state index in [1.54, 1.807) is 0 Å². The molecule has 1 spiro atoms. The fourth-order valence-corrected chi connectivity index (χ4v) is 11.5. The lowest BCUT2D eigenvalue weighted by Crippen LogP contribution is -2.33. The molecular weight excluding hydrogens is 803 g/mol. The molecule has 0 saturated heterocycles. The van der Waals surface area contributed by atoms with Gasteiger partial charge in [-0.1, -0.05) is 223 Å². The zero-order valence-corrected chi connectivity index (χ0v) is 38.9. The predicted molar refractivity (Wildman–Crippen MR) is 276 cm³/mol. The molecule has 0 N–H and O–H groups in total. The number of hydrogen-bond donors (Lipinski definition) is 0. The SMILES string of the molecule is CC(C)(C)c1ccc2c(c1)C1(c3ccccc3Sc3ccc(-c4ccccc4N(c4ccccc4)c4ccccc4-c4ccc(-c5ccccc5)cc4)cc31)c1cc(C(C)(C)C)ccc1-2. The summed E-state index contributed by atoms with van der Waals surface area (Å²) in [6, 6.07) is 79.5. The second-order valence-corrected chi connectivity index (χ2v) is 20.8. The molecule has 0 fully saturated rings. The lowest BCUT2D eigenvalue weighted by atomic mass is 9.65. The van der Waals surface area contributed by atoms with Gasteiger partial charge in [-0.3, -0.25) is 0 Å². The molecule has 9 aromatic rings. The van der Waals surface area contributed by atoms with Gasteiger partial charge in [-0.05, 0) is 120 Å². The number of rotatable bonds is 6. The minimum Gasteiger partial charge on any atom is -0.309 e. The molecule has 2 aliphatic rings. The standard InChI is InChI=1S/C63H53NS/c1-61(2,3)46-34-36-51-52-37-35-47(62(4,5)6)41-55(52)63(54(51)40-46)53-25-15-18-28-59(53)65-60-38-33-45(39-56(60)63)50-24-14-17-27-58(50)64(48-21-11-8-12-22-48)57-26-16-13-23-49(57)44-31-29-43(30-32-44)42-19-9-7-10-20-42/h7-41H,1-6H3. The van der Waals surface area contributed by atoms with Crippen LogP contribution in [-0.4, -0.2) is 0 Å². The van der Waals surface area contributed by atoms with Crippen molar-refractivity contribution in [3.8, 4) is 44.5 Å². The van der Waals surface area contributed by atoms with E-state index in [9.17, 15) is 0 Å². The van der Waals surface area contributed by atoms with Crippen molar-refractivity contribution < 1.29 is 0 Å². The van der Waals surface area contributed by atoms with E-state index >= 15 is 0 Å². The highest BCUT2D eigenvalue weighted by atomic mass is 32.2. The molecule has 9 aromatic carbocycles. The van der Waals surface area contributed by atoms with E-state index < -0.39 is 5.41 Å². The van der Waals surface area contributed by atoms with Crippen LogP contribution in [0.3, 0.4) is 0 Å². The van der Waals surface area contributed by atoms with E-state index in [4.69, 9.17) is 0 Å². The Morgan fingerprint density at radius 1 is 0.338 bits per heavy atom. The van der Waals surface area contributed by atoms with E-state index in [0.29, 0.717) is 0 Å². The molecule has 1 aliphatic carbocycles. The Morgan fingerprint density at radius 3 is 1.40 bits per heavy atom. The summed E-state index contributed by atoms with van der Waals surface area (Å²) in [6.45, 7) is 14.0. The van der Waals surface area contributed by atoms with Crippen LogP contribution < -0.4 is 4.90 Å². The predicted octanol–water partition coefficient (Wildman–Crippen LogP) is 17.6. The number of hydrogen-bond acceptors (Lipinski definition) is 2. The van der Waals surface area contributed by atoms with E-state index in [1.807, 2.05) is 11.8 Å². The third-order valence-electron chi connectivity index (χ3n) is 13.7. The normalized spacial score (nSPS) is 13.4. The third-order valence-corrected chi connectivity index (χ3v) is 14.8. The van der Waals surface area contributed by atoms with E-state index in [0.717, 1.165) is 17.1 Å². The Hall–Kier alpha value is -6.87. The number of benzene rings is 9. The van der Waals surface area contributed by atoms with Gasteiger partial charge in [0.05, 0.1) is 16.8 Å². The van der Waals surface area contributed by atoms with Gasteiger partial charge >= 0.3 is 0 Å². The van der Waals surface area contributed by atoms with Crippen molar-refractivity contribution >= 4 is 28.8 Å². The average molecular weight is 856 g/mol. The van der Waals surface area contributed by atoms with E-state index in [1.165, 1.54) is 87.7 Å². The lowest BCUT2D eigenvalue weighted by Gasteiger charge is -2.41. The van der Waals surface area contributed by atoms with Gasteiger partial charge in [0, 0.05) is 26.6 Å². The fourth-order valence-electron chi connectivity index (χ4n) is 10.3. The van der Waals surface area contributed by atoms with Crippen molar-refractivity contribution in [2.24, 2.45) is 0 Å². The first-order valence-corrected chi connectivity index (χ1v) is 23.7. The summed E-state index contributed by atoms with van der Waals surface area (Å²) < 4.78 is 0. The van der Waals surface area contributed by atoms with Crippen LogP contribution in [0.1, 0.15) is 74.9 Å². The van der Waals surface area contributed by atoms with Crippen molar-refractivity contribution in [1.29, 1.82) is 0 Å². The molecule has 0 unspecified atom stereocenters. The summed E-state index contributed by atoms with van der Waals surface area (Å²) in [6.07, 6.45) is 0. The molecule has 0 amide bonds. The largest absolute Gasteiger partial charge is 0.309 e. The van der Waals surface area contributed by atoms with Crippen LogP contribution in [0, 0.1) is 0 Å². The second kappa shape index (κ2) is 15.7. The van der Waals surface area contributed by atoms with Crippen LogP contribution in [0.25, 0.3) is 44.5 Å². The first kappa shape index (κ1) is 40.9. The zero-order valence-electron chi connectivity index (χ0n) is 38.1. The van der Waals surface area contributed by atoms with Gasteiger partial charge in [0.25, 0.3) is 0 Å². The molecule has 316 valence electrons. The van der Waals surface area contributed by atoms with E-state index in [2.05, 4.69) is 259 Å². The molecule has 0 aromatic heterocycles. The van der Waals surface area contributed by atoms with Crippen LogP contribution in [0.5, 0.6) is 0 Å². The summed E-state index contributed by atoms with van der Waals surface area (Å²) in [5.74, 6) is 0. The second-order valence-electron chi connectivity index (χ2n) is 19.7. The Kier molecular flexibility index (Phi) is 9.86. The van der Waals surface area contributed by atoms with Crippen LogP contribution >= 0.6 is 11.8 Å². The molecule has 11 rings (SSSR count). The molecular formula is C63H53NS. The molecule has 1 heterocycles. The number of fused-ring (bicyclic) bond motifs is 9. The lowest BCUT2D eigenvalue weighted by molar-refractivity contribution is 0.585. The zero-order chi connectivity index (χ0) is 44.5. The molecule has 1 nitrogen and oxygen atoms in total. The molecule has 1 aliphatic heterocycles. The Bertz CT molecular complexity index is 3180. The highest BCUT2D eigenvalue weighted by Crippen LogP contribution is 2.63. The van der Waals surface area contributed by atoms with Crippen molar-refractivity contribution in [3.05, 3.63) is 246 Å². The summed E-state index contributed by atoms with van der Waals surface area (Å²) >= 11 is 1.91. The molecule has 0 atom stereocenters. The van der Waals surface area contributed by atoms with Crippen LogP contribution in [0.4, 0.5) is 17.1 Å². The van der Waals surface area contributed by atoms with E-state index in [-0.39, 0.29) is 10.8 Å². The Balaban J connectivity index is 1.14. The van der Waals surface area contributed by atoms with Crippen molar-refractivity contribution in [1.82, 2.24) is 0 Å². The van der Waals surface area contributed by atoms with Gasteiger partial charge in [-0.2, -0.15) is 0 Å². The van der Waals surface area contributed by atoms with Gasteiger partial charge < -0.3 is 4.90 Å². The quantitative estimate of drug-likeness (QED) is 0.164. The molecule has 2 heteroatoms. The third kappa shape index (κ3) is 6.86. The number of para-hydroxylation sites is 3. The van der Waals surface area contributed by atoms with Crippen LogP contribution in [0.15, 0.2) is 222 Å². The van der Waals surface area contributed by atoms with Gasteiger partial charge in [0.15, 0.2) is 0 Å². The Morgan fingerprint density at radius 2 is 0.800 bits per heavy atom. The highest BCUT2D eigenvalue weighted by Gasteiger charge is 2.51.